The van der Waals surface area contributed by atoms with Gasteiger partial charge in [0.05, 0.1) is 0 Å². The first kappa shape index (κ1) is 16.4. The highest BCUT2D eigenvalue weighted by Crippen LogP contribution is 2.17. The van der Waals surface area contributed by atoms with E-state index in [-0.39, 0.29) is 5.78 Å². The van der Waals surface area contributed by atoms with Crippen LogP contribution in [0.5, 0.6) is 0 Å². The van der Waals surface area contributed by atoms with Gasteiger partial charge in [-0.25, -0.2) is 5.48 Å². The van der Waals surface area contributed by atoms with Gasteiger partial charge in [-0.15, -0.1) is 0 Å². The summed E-state index contributed by atoms with van der Waals surface area (Å²) in [6.07, 6.45) is 5.55. The molecular formula is C20H15NO4. The van der Waals surface area contributed by atoms with Crippen molar-refractivity contribution in [2.24, 2.45) is 0 Å². The Kier molecular flexibility index (Phi) is 4.87. The Labute approximate surface area is 143 Å². The highest BCUT2D eigenvalue weighted by molar-refractivity contribution is 6.08. The van der Waals surface area contributed by atoms with Crippen molar-refractivity contribution in [2.75, 3.05) is 0 Å². The minimum atomic E-state index is -0.653. The summed E-state index contributed by atoms with van der Waals surface area (Å²) < 4.78 is 5.45. The second kappa shape index (κ2) is 7.42. The predicted molar refractivity (Wildman–Crippen MR) is 95.0 cm³/mol. The molecule has 0 saturated heterocycles. The molecule has 25 heavy (non-hydrogen) atoms. The Bertz CT molecular complexity index is 982. The number of hydroxylamine groups is 1. The molecule has 2 N–H and O–H groups in total. The lowest BCUT2D eigenvalue weighted by molar-refractivity contribution is -0.124. The van der Waals surface area contributed by atoms with Crippen LogP contribution in [0.4, 0.5) is 0 Å². The summed E-state index contributed by atoms with van der Waals surface area (Å²) in [5.74, 6) is 0.137. The molecule has 2 aromatic carbocycles. The Morgan fingerprint density at radius 3 is 2.28 bits per heavy atom. The van der Waals surface area contributed by atoms with Crippen molar-refractivity contribution in [3.63, 3.8) is 0 Å². The lowest BCUT2D eigenvalue weighted by Gasteiger charge is -2.00. The third-order valence-corrected chi connectivity index (χ3v) is 3.59. The quantitative estimate of drug-likeness (QED) is 0.322. The maximum atomic E-state index is 12.3. The fourth-order valence-electron chi connectivity index (χ4n) is 2.34. The molecule has 5 nitrogen and oxygen atoms in total. The van der Waals surface area contributed by atoms with Gasteiger partial charge in [-0.05, 0) is 47.2 Å². The van der Waals surface area contributed by atoms with Gasteiger partial charge in [0.15, 0.2) is 5.78 Å². The summed E-state index contributed by atoms with van der Waals surface area (Å²) in [5.41, 5.74) is 2.09. The number of carbonyl (C=O) groups excluding carboxylic acids is 2. The minimum absolute atomic E-state index is 0.126. The molecule has 0 aliphatic heterocycles. The van der Waals surface area contributed by atoms with Gasteiger partial charge in [0.2, 0.25) is 0 Å². The van der Waals surface area contributed by atoms with Gasteiger partial charge in [-0.1, -0.05) is 36.4 Å². The number of fused-ring (bicyclic) bond motifs is 1. The molecule has 1 aromatic heterocycles. The number of rotatable bonds is 5. The fourth-order valence-corrected chi connectivity index (χ4v) is 2.34. The Hall–Kier alpha value is -3.44. The van der Waals surface area contributed by atoms with Crippen LogP contribution in [-0.2, 0) is 4.79 Å². The van der Waals surface area contributed by atoms with Gasteiger partial charge in [0, 0.05) is 11.6 Å². The molecule has 0 aliphatic rings. The second-order valence-corrected chi connectivity index (χ2v) is 5.31. The molecule has 3 rings (SSSR count). The van der Waals surface area contributed by atoms with E-state index in [0.717, 1.165) is 16.8 Å². The molecule has 5 heteroatoms. The third kappa shape index (κ3) is 4.10. The molecule has 0 fully saturated rings. The molecule has 0 aliphatic carbocycles. The average molecular weight is 333 g/mol. The number of benzene rings is 2. The van der Waals surface area contributed by atoms with Gasteiger partial charge in [0.25, 0.3) is 5.91 Å². The summed E-state index contributed by atoms with van der Waals surface area (Å²) in [5, 5.41) is 10.5. The lowest BCUT2D eigenvalue weighted by Crippen LogP contribution is -2.14. The maximum absolute atomic E-state index is 12.3. The van der Waals surface area contributed by atoms with E-state index in [0.29, 0.717) is 17.1 Å². The molecule has 0 saturated carbocycles. The molecule has 0 atom stereocenters. The van der Waals surface area contributed by atoms with Crippen molar-refractivity contribution in [2.45, 2.75) is 0 Å². The van der Waals surface area contributed by atoms with E-state index in [4.69, 9.17) is 9.62 Å². The van der Waals surface area contributed by atoms with E-state index in [1.54, 1.807) is 24.3 Å². The SMILES string of the molecule is O=C(/C=C/c1ccc(/C=C/C(=O)c2ccc3ccccc3c2)o1)NO. The summed E-state index contributed by atoms with van der Waals surface area (Å²) in [6, 6.07) is 16.7. The first-order valence-corrected chi connectivity index (χ1v) is 7.59. The van der Waals surface area contributed by atoms with Crippen LogP contribution in [0.15, 0.2) is 71.2 Å². The first-order chi connectivity index (χ1) is 12.2. The monoisotopic (exact) mass is 333 g/mol. The van der Waals surface area contributed by atoms with Crippen LogP contribution in [0, 0.1) is 0 Å². The normalized spacial score (nSPS) is 11.4. The fraction of sp³-hybridized carbons (Fsp3) is 0. The zero-order valence-electron chi connectivity index (χ0n) is 13.2. The Morgan fingerprint density at radius 2 is 1.56 bits per heavy atom. The second-order valence-electron chi connectivity index (χ2n) is 5.31. The van der Waals surface area contributed by atoms with Crippen LogP contribution in [0.2, 0.25) is 0 Å². The molecule has 0 unspecified atom stereocenters. The summed E-state index contributed by atoms with van der Waals surface area (Å²) in [4.78, 5) is 23.2. The third-order valence-electron chi connectivity index (χ3n) is 3.59. The molecule has 1 amide bonds. The molecule has 1 heterocycles. The van der Waals surface area contributed by atoms with Crippen molar-refractivity contribution in [1.29, 1.82) is 0 Å². The van der Waals surface area contributed by atoms with E-state index >= 15 is 0 Å². The van der Waals surface area contributed by atoms with E-state index in [2.05, 4.69) is 0 Å². The van der Waals surface area contributed by atoms with E-state index in [1.165, 1.54) is 17.6 Å². The van der Waals surface area contributed by atoms with Crippen LogP contribution >= 0.6 is 0 Å². The summed E-state index contributed by atoms with van der Waals surface area (Å²) in [6.45, 7) is 0. The number of hydrogen-bond donors (Lipinski definition) is 2. The number of hydrogen-bond acceptors (Lipinski definition) is 4. The zero-order chi connectivity index (χ0) is 17.6. The van der Waals surface area contributed by atoms with Crippen LogP contribution in [-0.4, -0.2) is 16.9 Å². The summed E-state index contributed by atoms with van der Waals surface area (Å²) in [7, 11) is 0. The predicted octanol–water partition coefficient (Wildman–Crippen LogP) is 3.85. The average Bonchev–Trinajstić information content (AvgIpc) is 3.11. The topological polar surface area (TPSA) is 79.5 Å². The molecule has 124 valence electrons. The van der Waals surface area contributed by atoms with Crippen LogP contribution < -0.4 is 5.48 Å². The maximum Gasteiger partial charge on any atom is 0.267 e. The zero-order valence-corrected chi connectivity index (χ0v) is 13.2. The highest BCUT2D eigenvalue weighted by atomic mass is 16.5. The molecule has 0 spiro atoms. The van der Waals surface area contributed by atoms with Crippen molar-refractivity contribution in [3.8, 4) is 0 Å². The van der Waals surface area contributed by atoms with Crippen LogP contribution in [0.25, 0.3) is 22.9 Å². The molecular weight excluding hydrogens is 318 g/mol. The van der Waals surface area contributed by atoms with Gasteiger partial charge < -0.3 is 4.42 Å². The minimum Gasteiger partial charge on any atom is -0.457 e. The van der Waals surface area contributed by atoms with Crippen molar-refractivity contribution < 1.29 is 19.2 Å². The van der Waals surface area contributed by atoms with Gasteiger partial charge in [0.1, 0.15) is 11.5 Å². The Balaban J connectivity index is 1.72. The molecule has 0 radical (unpaired) electrons. The van der Waals surface area contributed by atoms with Crippen molar-refractivity contribution >= 4 is 34.6 Å². The number of nitrogens with one attached hydrogen (secondary N) is 1. The van der Waals surface area contributed by atoms with Gasteiger partial charge in [-0.3, -0.25) is 14.8 Å². The number of allylic oxidation sites excluding steroid dienone is 1. The van der Waals surface area contributed by atoms with Crippen LogP contribution in [0.1, 0.15) is 21.9 Å². The van der Waals surface area contributed by atoms with Crippen LogP contribution in [0.3, 0.4) is 0 Å². The van der Waals surface area contributed by atoms with E-state index in [1.807, 2.05) is 36.4 Å². The number of carbonyl (C=O) groups is 2. The smallest absolute Gasteiger partial charge is 0.267 e. The number of furan rings is 1. The van der Waals surface area contributed by atoms with Crippen molar-refractivity contribution in [1.82, 2.24) is 5.48 Å². The largest absolute Gasteiger partial charge is 0.457 e. The molecule has 3 aromatic rings. The first-order valence-electron chi connectivity index (χ1n) is 7.59. The lowest BCUT2D eigenvalue weighted by atomic mass is 10.0. The van der Waals surface area contributed by atoms with Gasteiger partial charge >= 0.3 is 0 Å². The highest BCUT2D eigenvalue weighted by Gasteiger charge is 2.04. The summed E-state index contributed by atoms with van der Waals surface area (Å²) >= 11 is 0. The van der Waals surface area contributed by atoms with E-state index < -0.39 is 5.91 Å². The Morgan fingerprint density at radius 1 is 0.880 bits per heavy atom. The number of ketones is 1. The van der Waals surface area contributed by atoms with E-state index in [9.17, 15) is 9.59 Å². The van der Waals surface area contributed by atoms with Gasteiger partial charge in [-0.2, -0.15) is 0 Å². The van der Waals surface area contributed by atoms with Crippen molar-refractivity contribution in [3.05, 3.63) is 83.8 Å². The number of amides is 1. The standard InChI is InChI=1S/C20H15NO4/c22-19(16-6-5-14-3-1-2-4-15(14)13-16)11-9-17-7-8-18(25-17)10-12-20(23)21-24/h1-13,24H,(H,21,23)/b11-9+,12-10+. The molecule has 0 bridgehead atoms.